The lowest BCUT2D eigenvalue weighted by atomic mass is 9.98. The van der Waals surface area contributed by atoms with Gasteiger partial charge in [-0.25, -0.2) is 13.8 Å². The zero-order valence-corrected chi connectivity index (χ0v) is 20.2. The van der Waals surface area contributed by atoms with Crippen molar-refractivity contribution in [1.29, 1.82) is 0 Å². The summed E-state index contributed by atoms with van der Waals surface area (Å²) in [6, 6.07) is 13.8. The summed E-state index contributed by atoms with van der Waals surface area (Å²) >= 11 is 5.98. The third kappa shape index (κ3) is 6.20. The predicted molar refractivity (Wildman–Crippen MR) is 134 cm³/mol. The van der Waals surface area contributed by atoms with Gasteiger partial charge in [-0.15, -0.1) is 0 Å². The number of alkyl halides is 2. The second-order valence-corrected chi connectivity index (χ2v) is 8.24. The van der Waals surface area contributed by atoms with Crippen LogP contribution in [-0.2, 0) is 0 Å². The first-order chi connectivity index (χ1) is 16.2. The zero-order chi connectivity index (χ0) is 24.9. The van der Waals surface area contributed by atoms with Crippen LogP contribution >= 0.6 is 11.6 Å². The molecule has 9 heteroatoms. The van der Waals surface area contributed by atoms with Gasteiger partial charge in [-0.05, 0) is 48.4 Å². The number of nitrogens with two attached hydrogens (primary N) is 1. The molecule has 0 radical (unpaired) electrons. The third-order valence-corrected chi connectivity index (χ3v) is 5.58. The first-order valence-corrected chi connectivity index (χ1v) is 11.5. The van der Waals surface area contributed by atoms with Crippen LogP contribution in [0.2, 0.25) is 5.02 Å². The van der Waals surface area contributed by atoms with Crippen molar-refractivity contribution in [3.8, 4) is 11.1 Å². The fraction of sp³-hybridized carbons (Fsp3) is 0.320. The van der Waals surface area contributed by atoms with E-state index in [2.05, 4.69) is 15.3 Å². The summed E-state index contributed by atoms with van der Waals surface area (Å²) in [5.41, 5.74) is 8.91. The average molecular weight is 488 g/mol. The Morgan fingerprint density at radius 1 is 1.06 bits per heavy atom. The van der Waals surface area contributed by atoms with Crippen LogP contribution in [0.1, 0.15) is 42.7 Å². The number of hydrogen-bond donors (Lipinski definition) is 2. The van der Waals surface area contributed by atoms with Crippen molar-refractivity contribution in [3.63, 3.8) is 0 Å². The van der Waals surface area contributed by atoms with E-state index in [0.29, 0.717) is 33.3 Å². The summed E-state index contributed by atoms with van der Waals surface area (Å²) in [7, 11) is 0. The molecule has 1 amide bonds. The first kappa shape index (κ1) is 25.4. The number of amides is 1. The minimum absolute atomic E-state index is 0.112. The van der Waals surface area contributed by atoms with Gasteiger partial charge >= 0.3 is 0 Å². The van der Waals surface area contributed by atoms with Crippen LogP contribution in [0.5, 0.6) is 0 Å². The van der Waals surface area contributed by atoms with Crippen molar-refractivity contribution in [3.05, 3.63) is 64.8 Å². The van der Waals surface area contributed by atoms with E-state index < -0.39 is 11.8 Å². The van der Waals surface area contributed by atoms with Gasteiger partial charge in [0.25, 0.3) is 11.8 Å². The number of hydrogen-bond acceptors (Lipinski definition) is 5. The number of nitrogen functional groups attached to an aromatic ring is 1. The lowest BCUT2D eigenvalue weighted by molar-refractivity contribution is -0.0221. The van der Waals surface area contributed by atoms with Crippen molar-refractivity contribution in [1.82, 2.24) is 9.97 Å². The number of aromatic nitrogens is 2. The van der Waals surface area contributed by atoms with Gasteiger partial charge in [0.1, 0.15) is 5.82 Å². The van der Waals surface area contributed by atoms with Gasteiger partial charge in [0.05, 0.1) is 0 Å². The summed E-state index contributed by atoms with van der Waals surface area (Å²) in [4.78, 5) is 23.6. The second kappa shape index (κ2) is 10.8. The maximum absolute atomic E-state index is 13.5. The standard InChI is InChI=1S/C23H22ClF2N5O.C2H6/c1-14-12-20(31-10-8-23(25,26)9-11-31)29-22(28-14)30-21(32)18-7-6-17(27)13-19(18)15-2-4-16(24)5-3-15;1-2/h2-7,12-13H,8-11,27H2,1H3,(H,28,29,30,32);1-2H3. The maximum Gasteiger partial charge on any atom is 0.258 e. The van der Waals surface area contributed by atoms with Crippen LogP contribution in [0, 0.1) is 6.92 Å². The average Bonchev–Trinajstić information content (AvgIpc) is 2.80. The molecule has 0 unspecified atom stereocenters. The monoisotopic (exact) mass is 487 g/mol. The van der Waals surface area contributed by atoms with Crippen LogP contribution in [-0.4, -0.2) is 34.9 Å². The summed E-state index contributed by atoms with van der Waals surface area (Å²) in [6.07, 6.45) is -0.457. The SMILES string of the molecule is CC.Cc1cc(N2CCC(F)(F)CC2)nc(NC(=O)c2ccc(N)cc2-c2ccc(Cl)cc2)n1. The molecular weight excluding hydrogens is 460 g/mol. The Kier molecular flexibility index (Phi) is 8.04. The fourth-order valence-electron chi connectivity index (χ4n) is 3.63. The molecule has 0 spiro atoms. The minimum Gasteiger partial charge on any atom is -0.399 e. The van der Waals surface area contributed by atoms with Gasteiger partial charge in [-0.3, -0.25) is 10.1 Å². The molecular formula is C25H28ClF2N5O. The Bertz CT molecular complexity index is 1140. The lowest BCUT2D eigenvalue weighted by Gasteiger charge is -2.32. The number of nitrogens with zero attached hydrogens (tertiary/aromatic N) is 3. The van der Waals surface area contributed by atoms with Crippen LogP contribution in [0.25, 0.3) is 11.1 Å². The van der Waals surface area contributed by atoms with E-state index in [0.717, 1.165) is 5.56 Å². The molecule has 0 atom stereocenters. The Labute approximate surface area is 203 Å². The van der Waals surface area contributed by atoms with Gasteiger partial charge in [-0.1, -0.05) is 37.6 Å². The lowest BCUT2D eigenvalue weighted by Crippen LogP contribution is -2.39. The highest BCUT2D eigenvalue weighted by atomic mass is 35.5. The van der Waals surface area contributed by atoms with Crippen LogP contribution in [0.15, 0.2) is 48.5 Å². The molecule has 3 N–H and O–H groups in total. The molecule has 34 heavy (non-hydrogen) atoms. The Balaban J connectivity index is 0.00000158. The van der Waals surface area contributed by atoms with E-state index in [1.54, 1.807) is 60.4 Å². The number of anilines is 3. The highest BCUT2D eigenvalue weighted by Gasteiger charge is 2.34. The molecule has 1 fully saturated rings. The van der Waals surface area contributed by atoms with Gasteiger partial charge in [-0.2, -0.15) is 4.98 Å². The molecule has 180 valence electrons. The topological polar surface area (TPSA) is 84.1 Å². The number of carbonyl (C=O) groups is 1. The fourth-order valence-corrected chi connectivity index (χ4v) is 3.76. The van der Waals surface area contributed by atoms with Gasteiger partial charge in [0, 0.05) is 54.0 Å². The molecule has 3 aromatic rings. The number of nitrogens with one attached hydrogen (secondary N) is 1. The van der Waals surface area contributed by atoms with Crippen LogP contribution < -0.4 is 16.0 Å². The summed E-state index contributed by atoms with van der Waals surface area (Å²) in [5.74, 6) is -2.43. The first-order valence-electron chi connectivity index (χ1n) is 11.2. The summed E-state index contributed by atoms with van der Waals surface area (Å²) < 4.78 is 27.0. The highest BCUT2D eigenvalue weighted by Crippen LogP contribution is 2.31. The van der Waals surface area contributed by atoms with Gasteiger partial charge < -0.3 is 10.6 Å². The predicted octanol–water partition coefficient (Wildman–Crippen LogP) is 6.20. The van der Waals surface area contributed by atoms with Crippen molar-refractivity contribution in [2.75, 3.05) is 29.0 Å². The van der Waals surface area contributed by atoms with E-state index in [-0.39, 0.29) is 31.9 Å². The minimum atomic E-state index is -2.65. The summed E-state index contributed by atoms with van der Waals surface area (Å²) in [5, 5.41) is 3.32. The van der Waals surface area contributed by atoms with E-state index in [4.69, 9.17) is 17.3 Å². The number of carbonyl (C=O) groups excluding carboxylic acids is 1. The Morgan fingerprint density at radius 3 is 2.35 bits per heavy atom. The second-order valence-electron chi connectivity index (χ2n) is 7.80. The summed E-state index contributed by atoms with van der Waals surface area (Å²) in [6.45, 7) is 6.15. The van der Waals surface area contributed by atoms with Crippen LogP contribution in [0.4, 0.5) is 26.2 Å². The van der Waals surface area contributed by atoms with Gasteiger partial charge in [0.15, 0.2) is 0 Å². The smallest absolute Gasteiger partial charge is 0.258 e. The molecule has 1 aliphatic heterocycles. The van der Waals surface area contributed by atoms with E-state index in [1.165, 1.54) is 0 Å². The largest absolute Gasteiger partial charge is 0.399 e. The molecule has 1 saturated heterocycles. The number of halogens is 3. The molecule has 1 aliphatic rings. The molecule has 0 saturated carbocycles. The van der Waals surface area contributed by atoms with Crippen LogP contribution in [0.3, 0.4) is 0 Å². The van der Waals surface area contributed by atoms with E-state index >= 15 is 0 Å². The van der Waals surface area contributed by atoms with Crippen molar-refractivity contribution in [2.24, 2.45) is 0 Å². The van der Waals surface area contributed by atoms with Gasteiger partial charge in [0.2, 0.25) is 5.95 Å². The Hall–Kier alpha value is -3.26. The molecule has 4 rings (SSSR count). The number of benzene rings is 2. The zero-order valence-electron chi connectivity index (χ0n) is 19.4. The van der Waals surface area contributed by atoms with E-state index in [9.17, 15) is 13.6 Å². The number of rotatable bonds is 4. The highest BCUT2D eigenvalue weighted by molar-refractivity contribution is 6.30. The number of piperidine rings is 1. The third-order valence-electron chi connectivity index (χ3n) is 5.33. The van der Waals surface area contributed by atoms with Crippen molar-refractivity contribution < 1.29 is 13.6 Å². The Morgan fingerprint density at radius 2 is 1.71 bits per heavy atom. The molecule has 0 aliphatic carbocycles. The molecule has 1 aromatic heterocycles. The normalized spacial score (nSPS) is 14.7. The van der Waals surface area contributed by atoms with E-state index in [1.807, 2.05) is 13.8 Å². The molecule has 2 aromatic carbocycles. The van der Waals surface area contributed by atoms with Crippen molar-refractivity contribution >= 4 is 35.0 Å². The number of aryl methyl sites for hydroxylation is 1. The maximum atomic E-state index is 13.5. The molecule has 6 nitrogen and oxygen atoms in total. The molecule has 2 heterocycles. The van der Waals surface area contributed by atoms with Crippen molar-refractivity contribution in [2.45, 2.75) is 39.5 Å². The molecule has 0 bridgehead atoms. The quantitative estimate of drug-likeness (QED) is 0.428.